The van der Waals surface area contributed by atoms with E-state index in [-0.39, 0.29) is 24.9 Å². The zero-order chi connectivity index (χ0) is 21.0. The molecule has 6 nitrogen and oxygen atoms in total. The molecule has 0 unspecified atom stereocenters. The third-order valence-corrected chi connectivity index (χ3v) is 4.81. The van der Waals surface area contributed by atoms with Crippen molar-refractivity contribution in [3.05, 3.63) is 65.7 Å². The molecule has 8 heteroatoms. The minimum absolute atomic E-state index is 0.0143. The molecule has 1 aliphatic heterocycles. The van der Waals surface area contributed by atoms with Gasteiger partial charge in [0.2, 0.25) is 5.91 Å². The van der Waals surface area contributed by atoms with E-state index in [0.717, 1.165) is 17.7 Å². The molecule has 0 aliphatic carbocycles. The van der Waals surface area contributed by atoms with Gasteiger partial charge in [-0.25, -0.2) is 8.78 Å². The number of likely N-dealkylation sites (tertiary alicyclic amines) is 1. The fourth-order valence-corrected chi connectivity index (χ4v) is 3.22. The quantitative estimate of drug-likeness (QED) is 0.754. The first kappa shape index (κ1) is 20.4. The maximum atomic E-state index is 13.6. The fraction of sp³-hybridized carbons (Fsp3) is 0.286. The monoisotopic (exact) mass is 402 g/mol. The van der Waals surface area contributed by atoms with Crippen molar-refractivity contribution in [1.82, 2.24) is 4.90 Å². The molecule has 1 heterocycles. The van der Waals surface area contributed by atoms with E-state index in [1.54, 1.807) is 4.90 Å². The van der Waals surface area contributed by atoms with E-state index in [4.69, 9.17) is 4.74 Å². The average molecular weight is 402 g/mol. The van der Waals surface area contributed by atoms with Crippen LogP contribution in [-0.4, -0.2) is 35.8 Å². The minimum Gasteiger partial charge on any atom is -0.455 e. The van der Waals surface area contributed by atoms with Crippen molar-refractivity contribution in [3.8, 4) is 0 Å². The molecule has 1 aliphatic rings. The van der Waals surface area contributed by atoms with Gasteiger partial charge >= 0.3 is 5.97 Å². The van der Waals surface area contributed by atoms with Crippen LogP contribution < -0.4 is 5.32 Å². The van der Waals surface area contributed by atoms with Gasteiger partial charge in [-0.1, -0.05) is 36.4 Å². The molecule has 0 aromatic heterocycles. The highest BCUT2D eigenvalue weighted by Gasteiger charge is 2.38. The first-order valence-electron chi connectivity index (χ1n) is 9.11. The molecule has 152 valence electrons. The van der Waals surface area contributed by atoms with Gasteiger partial charge in [-0.3, -0.25) is 14.4 Å². The predicted octanol–water partition coefficient (Wildman–Crippen LogP) is 3.06. The Morgan fingerprint density at radius 3 is 2.45 bits per heavy atom. The van der Waals surface area contributed by atoms with Gasteiger partial charge in [0.25, 0.3) is 5.91 Å². The summed E-state index contributed by atoms with van der Waals surface area (Å²) in [6, 6.07) is 12.4. The van der Waals surface area contributed by atoms with Gasteiger partial charge in [0.05, 0.1) is 12.0 Å². The largest absolute Gasteiger partial charge is 0.455 e. The van der Waals surface area contributed by atoms with Gasteiger partial charge < -0.3 is 15.0 Å². The Bertz CT molecular complexity index is 900. The number of amides is 2. The molecule has 29 heavy (non-hydrogen) atoms. The lowest BCUT2D eigenvalue weighted by Crippen LogP contribution is -2.30. The second kappa shape index (κ2) is 8.81. The summed E-state index contributed by atoms with van der Waals surface area (Å²) in [5.74, 6) is -4.33. The topological polar surface area (TPSA) is 75.7 Å². The standard InChI is InChI=1S/C21H20F2N2O4/c1-13(14-6-3-2-4-7-14)25-11-15(10-19(25)27)21(28)29-12-18(26)24-20-16(22)8-5-9-17(20)23/h2-9,13,15H,10-12H2,1H3,(H,24,26)/t13-,15-/m0/s1. The first-order valence-corrected chi connectivity index (χ1v) is 9.11. The molecule has 1 fully saturated rings. The molecular weight excluding hydrogens is 382 g/mol. The molecule has 0 spiro atoms. The van der Waals surface area contributed by atoms with Crippen LogP contribution in [0.2, 0.25) is 0 Å². The summed E-state index contributed by atoms with van der Waals surface area (Å²) >= 11 is 0. The number of hydrogen-bond donors (Lipinski definition) is 1. The summed E-state index contributed by atoms with van der Waals surface area (Å²) in [5, 5.41) is 2.04. The third-order valence-electron chi connectivity index (χ3n) is 4.81. The molecule has 2 aromatic rings. The Labute approximate surface area is 166 Å². The maximum absolute atomic E-state index is 13.6. The molecule has 0 radical (unpaired) electrons. The maximum Gasteiger partial charge on any atom is 0.311 e. The number of nitrogens with zero attached hydrogens (tertiary/aromatic N) is 1. The van der Waals surface area contributed by atoms with E-state index in [1.807, 2.05) is 42.6 Å². The van der Waals surface area contributed by atoms with Gasteiger partial charge in [0, 0.05) is 13.0 Å². The Morgan fingerprint density at radius 2 is 1.79 bits per heavy atom. The van der Waals surface area contributed by atoms with Crippen molar-refractivity contribution < 1.29 is 27.9 Å². The van der Waals surface area contributed by atoms with Crippen LogP contribution in [0, 0.1) is 17.6 Å². The van der Waals surface area contributed by atoms with Crippen molar-refractivity contribution in [2.75, 3.05) is 18.5 Å². The van der Waals surface area contributed by atoms with Crippen LogP contribution in [0.1, 0.15) is 24.9 Å². The van der Waals surface area contributed by atoms with Crippen LogP contribution in [-0.2, 0) is 19.1 Å². The number of carbonyl (C=O) groups excluding carboxylic acids is 3. The lowest BCUT2D eigenvalue weighted by Gasteiger charge is -2.25. The molecule has 1 saturated heterocycles. The van der Waals surface area contributed by atoms with E-state index >= 15 is 0 Å². The normalized spacial score (nSPS) is 17.1. The van der Waals surface area contributed by atoms with Gasteiger partial charge in [-0.2, -0.15) is 0 Å². The summed E-state index contributed by atoms with van der Waals surface area (Å²) in [6.07, 6.45) is -0.0143. The lowest BCUT2D eigenvalue weighted by molar-refractivity contribution is -0.151. The molecule has 3 rings (SSSR count). The molecule has 1 N–H and O–H groups in total. The van der Waals surface area contributed by atoms with Gasteiger partial charge in [-0.05, 0) is 24.6 Å². The van der Waals surface area contributed by atoms with Crippen LogP contribution in [0.5, 0.6) is 0 Å². The van der Waals surface area contributed by atoms with E-state index in [0.29, 0.717) is 0 Å². The van der Waals surface area contributed by atoms with E-state index in [9.17, 15) is 23.2 Å². The number of hydrogen-bond acceptors (Lipinski definition) is 4. The highest BCUT2D eigenvalue weighted by molar-refractivity contribution is 5.94. The summed E-state index contributed by atoms with van der Waals surface area (Å²) in [5.41, 5.74) is 0.341. The number of anilines is 1. The molecule has 2 aromatic carbocycles. The summed E-state index contributed by atoms with van der Waals surface area (Å²) in [4.78, 5) is 38.0. The molecular formula is C21H20F2N2O4. The van der Waals surface area contributed by atoms with E-state index in [1.165, 1.54) is 6.07 Å². The average Bonchev–Trinajstić information content (AvgIpc) is 3.11. The van der Waals surface area contributed by atoms with Crippen LogP contribution in [0.4, 0.5) is 14.5 Å². The number of nitrogens with one attached hydrogen (secondary N) is 1. The number of esters is 1. The first-order chi connectivity index (χ1) is 13.9. The lowest BCUT2D eigenvalue weighted by atomic mass is 10.1. The number of benzene rings is 2. The van der Waals surface area contributed by atoms with Crippen molar-refractivity contribution in [2.24, 2.45) is 5.92 Å². The van der Waals surface area contributed by atoms with Crippen LogP contribution in [0.15, 0.2) is 48.5 Å². The van der Waals surface area contributed by atoms with Gasteiger partial charge in [-0.15, -0.1) is 0 Å². The Balaban J connectivity index is 1.53. The van der Waals surface area contributed by atoms with Crippen LogP contribution >= 0.6 is 0 Å². The Kier molecular flexibility index (Phi) is 6.21. The smallest absolute Gasteiger partial charge is 0.311 e. The Morgan fingerprint density at radius 1 is 1.14 bits per heavy atom. The number of para-hydroxylation sites is 1. The van der Waals surface area contributed by atoms with Crippen molar-refractivity contribution in [2.45, 2.75) is 19.4 Å². The number of ether oxygens (including phenoxy) is 1. The number of halogens is 2. The molecule has 2 amide bonds. The Hall–Kier alpha value is -3.29. The highest BCUT2D eigenvalue weighted by Crippen LogP contribution is 2.29. The highest BCUT2D eigenvalue weighted by atomic mass is 19.1. The third kappa shape index (κ3) is 4.77. The van der Waals surface area contributed by atoms with Crippen molar-refractivity contribution in [1.29, 1.82) is 0 Å². The molecule has 0 bridgehead atoms. The SMILES string of the molecule is C[C@@H](c1ccccc1)N1C[C@@H](C(=O)OCC(=O)Nc2c(F)cccc2F)CC1=O. The van der Waals surface area contributed by atoms with Crippen LogP contribution in [0.3, 0.4) is 0 Å². The second-order valence-corrected chi connectivity index (χ2v) is 6.79. The molecule has 2 atom stereocenters. The number of carbonyl (C=O) groups is 3. The van der Waals surface area contributed by atoms with Crippen molar-refractivity contribution in [3.63, 3.8) is 0 Å². The fourth-order valence-electron chi connectivity index (χ4n) is 3.22. The summed E-state index contributed by atoms with van der Waals surface area (Å²) < 4.78 is 32.1. The zero-order valence-electron chi connectivity index (χ0n) is 15.7. The minimum atomic E-state index is -0.934. The summed E-state index contributed by atoms with van der Waals surface area (Å²) in [7, 11) is 0. The second-order valence-electron chi connectivity index (χ2n) is 6.79. The predicted molar refractivity (Wildman–Crippen MR) is 101 cm³/mol. The number of rotatable bonds is 6. The summed E-state index contributed by atoms with van der Waals surface area (Å²) in [6.45, 7) is 1.35. The van der Waals surface area contributed by atoms with E-state index in [2.05, 4.69) is 0 Å². The van der Waals surface area contributed by atoms with Crippen molar-refractivity contribution >= 4 is 23.5 Å². The van der Waals surface area contributed by atoms with Gasteiger partial charge in [0.15, 0.2) is 6.61 Å². The zero-order valence-corrected chi connectivity index (χ0v) is 15.7. The molecule has 0 saturated carbocycles. The van der Waals surface area contributed by atoms with Gasteiger partial charge in [0.1, 0.15) is 17.3 Å². The van der Waals surface area contributed by atoms with E-state index < -0.39 is 41.7 Å². The van der Waals surface area contributed by atoms with Crippen LogP contribution in [0.25, 0.3) is 0 Å².